The van der Waals surface area contributed by atoms with Gasteiger partial charge < -0.3 is 15.2 Å². The third kappa shape index (κ3) is 6.99. The number of aromatic hydroxyl groups is 1. The third-order valence-corrected chi connectivity index (χ3v) is 4.53. The molecule has 0 saturated heterocycles. The number of phenolic OH excluding ortho intramolecular Hbond substituents is 1. The van der Waals surface area contributed by atoms with Crippen molar-refractivity contribution in [2.24, 2.45) is 5.10 Å². The Morgan fingerprint density at radius 3 is 2.52 bits per heavy atom. The number of hydrogen-bond donors (Lipinski definition) is 3. The number of benzene rings is 2. The van der Waals surface area contributed by atoms with Crippen molar-refractivity contribution in [1.29, 1.82) is 0 Å². The molecule has 2 aromatic rings. The maximum absolute atomic E-state index is 12.0. The number of hydrogen-bond acceptors (Lipinski definition) is 5. The van der Waals surface area contributed by atoms with Gasteiger partial charge in [0.25, 0.3) is 0 Å². The van der Waals surface area contributed by atoms with E-state index in [1.807, 2.05) is 31.2 Å². The highest BCUT2D eigenvalue weighted by atomic mass is 16.5. The van der Waals surface area contributed by atoms with Crippen LogP contribution in [0, 0.1) is 0 Å². The molecule has 3 N–H and O–H groups in total. The highest BCUT2D eigenvalue weighted by molar-refractivity contribution is 6.35. The Hall–Kier alpha value is -3.61. The van der Waals surface area contributed by atoms with Crippen LogP contribution in [0.3, 0.4) is 0 Å². The maximum atomic E-state index is 12.0. The van der Waals surface area contributed by atoms with Gasteiger partial charge in [0.05, 0.1) is 12.8 Å². The van der Waals surface area contributed by atoms with Gasteiger partial charge in [-0.05, 0) is 48.1 Å². The van der Waals surface area contributed by atoms with E-state index in [0.29, 0.717) is 35.8 Å². The molecule has 0 heterocycles. The first-order valence-electron chi connectivity index (χ1n) is 10.1. The van der Waals surface area contributed by atoms with Gasteiger partial charge in [-0.2, -0.15) is 5.10 Å². The van der Waals surface area contributed by atoms with Crippen molar-refractivity contribution in [3.63, 3.8) is 0 Å². The lowest BCUT2D eigenvalue weighted by atomic mass is 10.0. The SMILES string of the molecule is C=CCc1cc(/C=N/NC(=O)C(=O)NCc2ccc(C(C)C)cc2)cc(OCC)c1O. The number of phenols is 1. The van der Waals surface area contributed by atoms with Gasteiger partial charge >= 0.3 is 11.8 Å². The van der Waals surface area contributed by atoms with Crippen LogP contribution in [0.1, 0.15) is 48.9 Å². The monoisotopic (exact) mass is 423 g/mol. The van der Waals surface area contributed by atoms with Crippen LogP contribution in [0.15, 0.2) is 54.2 Å². The third-order valence-electron chi connectivity index (χ3n) is 4.53. The second-order valence-corrected chi connectivity index (χ2v) is 7.23. The number of nitrogens with zero attached hydrogens (tertiary/aromatic N) is 1. The molecule has 164 valence electrons. The van der Waals surface area contributed by atoms with E-state index in [4.69, 9.17) is 4.74 Å². The number of ether oxygens (including phenoxy) is 1. The molecule has 0 fully saturated rings. The van der Waals surface area contributed by atoms with Crippen molar-refractivity contribution in [2.45, 2.75) is 39.7 Å². The lowest BCUT2D eigenvalue weighted by molar-refractivity contribution is -0.139. The molecule has 0 saturated carbocycles. The normalized spacial score (nSPS) is 10.8. The van der Waals surface area contributed by atoms with E-state index >= 15 is 0 Å². The van der Waals surface area contributed by atoms with Crippen LogP contribution in [0.4, 0.5) is 0 Å². The molecule has 0 radical (unpaired) electrons. The molecule has 0 spiro atoms. The number of hydrazone groups is 1. The van der Waals surface area contributed by atoms with Crippen LogP contribution in [0.25, 0.3) is 0 Å². The van der Waals surface area contributed by atoms with Gasteiger partial charge in [-0.15, -0.1) is 6.58 Å². The summed E-state index contributed by atoms with van der Waals surface area (Å²) < 4.78 is 5.43. The molecule has 2 rings (SSSR count). The van der Waals surface area contributed by atoms with E-state index < -0.39 is 11.8 Å². The minimum atomic E-state index is -0.870. The lowest BCUT2D eigenvalue weighted by Crippen LogP contribution is -2.37. The van der Waals surface area contributed by atoms with Gasteiger partial charge in [0.1, 0.15) is 0 Å². The highest BCUT2D eigenvalue weighted by Crippen LogP contribution is 2.31. The van der Waals surface area contributed by atoms with Crippen molar-refractivity contribution >= 4 is 18.0 Å². The average Bonchev–Trinajstić information content (AvgIpc) is 2.75. The summed E-state index contributed by atoms with van der Waals surface area (Å²) in [7, 11) is 0. The van der Waals surface area contributed by atoms with E-state index in [2.05, 4.69) is 36.3 Å². The van der Waals surface area contributed by atoms with Gasteiger partial charge in [-0.3, -0.25) is 9.59 Å². The minimum absolute atomic E-state index is 0.0451. The molecule has 0 bridgehead atoms. The van der Waals surface area contributed by atoms with Crippen molar-refractivity contribution in [3.05, 3.63) is 71.3 Å². The number of rotatable bonds is 9. The second-order valence-electron chi connectivity index (χ2n) is 7.23. The van der Waals surface area contributed by atoms with E-state index in [1.54, 1.807) is 18.2 Å². The molecule has 7 heteroatoms. The van der Waals surface area contributed by atoms with Crippen molar-refractivity contribution < 1.29 is 19.4 Å². The molecular weight excluding hydrogens is 394 g/mol. The molecule has 0 aliphatic rings. The van der Waals surface area contributed by atoms with Crippen LogP contribution >= 0.6 is 0 Å². The molecule has 0 aliphatic heterocycles. The van der Waals surface area contributed by atoms with E-state index in [0.717, 1.165) is 5.56 Å². The molecule has 2 aromatic carbocycles. The number of allylic oxidation sites excluding steroid dienone is 1. The molecular formula is C24H29N3O4. The van der Waals surface area contributed by atoms with E-state index in [9.17, 15) is 14.7 Å². The van der Waals surface area contributed by atoms with Crippen LogP contribution in [-0.4, -0.2) is 29.7 Å². The first kappa shape index (κ1) is 23.7. The van der Waals surface area contributed by atoms with E-state index in [1.165, 1.54) is 11.8 Å². The van der Waals surface area contributed by atoms with Gasteiger partial charge in [0.2, 0.25) is 0 Å². The number of carbonyl (C=O) groups is 2. The zero-order valence-electron chi connectivity index (χ0n) is 18.1. The van der Waals surface area contributed by atoms with Crippen molar-refractivity contribution in [3.8, 4) is 11.5 Å². The first-order valence-corrected chi connectivity index (χ1v) is 10.1. The summed E-state index contributed by atoms with van der Waals surface area (Å²) in [6.45, 7) is 10.3. The minimum Gasteiger partial charge on any atom is -0.504 e. The van der Waals surface area contributed by atoms with Crippen molar-refractivity contribution in [2.75, 3.05) is 6.61 Å². The average molecular weight is 424 g/mol. The molecule has 0 atom stereocenters. The van der Waals surface area contributed by atoms with Crippen LogP contribution < -0.4 is 15.5 Å². The lowest BCUT2D eigenvalue weighted by Gasteiger charge is -2.10. The smallest absolute Gasteiger partial charge is 0.329 e. The summed E-state index contributed by atoms with van der Waals surface area (Å²) in [6.07, 6.45) is 3.49. The quantitative estimate of drug-likeness (QED) is 0.249. The largest absolute Gasteiger partial charge is 0.504 e. The van der Waals surface area contributed by atoms with Gasteiger partial charge in [-0.1, -0.05) is 44.2 Å². The second kappa shape index (κ2) is 11.5. The Bertz CT molecular complexity index is 950. The van der Waals surface area contributed by atoms with Gasteiger partial charge in [-0.25, -0.2) is 5.43 Å². The summed E-state index contributed by atoms with van der Waals surface area (Å²) in [6, 6.07) is 11.2. The fourth-order valence-electron chi connectivity index (χ4n) is 2.84. The fourth-order valence-corrected chi connectivity index (χ4v) is 2.84. The summed E-state index contributed by atoms with van der Waals surface area (Å²) in [5.41, 5.74) is 5.53. The van der Waals surface area contributed by atoms with Crippen LogP contribution in [0.2, 0.25) is 0 Å². The Morgan fingerprint density at radius 2 is 1.90 bits per heavy atom. The van der Waals surface area contributed by atoms with Crippen molar-refractivity contribution in [1.82, 2.24) is 10.7 Å². The Balaban J connectivity index is 1.94. The molecule has 31 heavy (non-hydrogen) atoms. The summed E-state index contributed by atoms with van der Waals surface area (Å²) in [4.78, 5) is 24.0. The maximum Gasteiger partial charge on any atom is 0.329 e. The zero-order valence-corrected chi connectivity index (χ0v) is 18.1. The van der Waals surface area contributed by atoms with E-state index in [-0.39, 0.29) is 12.3 Å². The number of amides is 2. The van der Waals surface area contributed by atoms with Crippen LogP contribution in [-0.2, 0) is 22.6 Å². The predicted molar refractivity (Wildman–Crippen MR) is 121 cm³/mol. The number of carbonyl (C=O) groups excluding carboxylic acids is 2. The summed E-state index contributed by atoms with van der Waals surface area (Å²) in [5, 5.41) is 16.6. The standard InChI is InChI=1S/C24H29N3O4/c1-5-7-20-12-18(13-21(22(20)28)31-6-2)15-26-27-24(30)23(29)25-14-17-8-10-19(11-9-17)16(3)4/h5,8-13,15-16,28H,1,6-7,14H2,2-4H3,(H,25,29)(H,27,30)/b26-15+. The Labute approximate surface area is 182 Å². The number of nitrogens with one attached hydrogen (secondary N) is 2. The molecule has 7 nitrogen and oxygen atoms in total. The Kier molecular flexibility index (Phi) is 8.81. The molecule has 0 unspecified atom stereocenters. The molecule has 0 aromatic heterocycles. The van der Waals surface area contributed by atoms with Gasteiger partial charge in [0.15, 0.2) is 11.5 Å². The first-order chi connectivity index (χ1) is 14.8. The molecule has 0 aliphatic carbocycles. The highest BCUT2D eigenvalue weighted by Gasteiger charge is 2.13. The van der Waals surface area contributed by atoms with Gasteiger partial charge in [0, 0.05) is 12.1 Å². The van der Waals surface area contributed by atoms with Crippen LogP contribution in [0.5, 0.6) is 11.5 Å². The summed E-state index contributed by atoms with van der Waals surface area (Å²) >= 11 is 0. The Morgan fingerprint density at radius 1 is 1.19 bits per heavy atom. The topological polar surface area (TPSA) is 100 Å². The summed E-state index contributed by atoms with van der Waals surface area (Å²) in [5.74, 6) is -0.860. The predicted octanol–water partition coefficient (Wildman–Crippen LogP) is 3.41. The fraction of sp³-hybridized carbons (Fsp3) is 0.292. The zero-order chi connectivity index (χ0) is 22.8. The molecule has 2 amide bonds.